The molecule has 0 radical (unpaired) electrons. The minimum Gasteiger partial charge on any atom is -0.481 e. The number of carbonyl (C=O) groups excluding carboxylic acids is 2. The van der Waals surface area contributed by atoms with Gasteiger partial charge in [0.2, 0.25) is 5.91 Å². The number of rotatable bonds is 14. The van der Waals surface area contributed by atoms with E-state index in [-0.39, 0.29) is 22.9 Å². The standard InChI is InChI=1S/C31H38N4O6S/c1-22-8-4-5-9-26(22)35-30(39)34-24-13-11-23(12-14-24)15-17-31(2,3)18-16-27(36)33-25(20-29(37)38)21-42(40,41)28-10-6-7-19-32-28/h4-14,19,25H,15-18,20-21H2,1-3H3,(H,33,36)(H,37,38)(H2,34,35,39). The molecule has 1 atom stereocenters. The van der Waals surface area contributed by atoms with Crippen LogP contribution in [-0.2, 0) is 25.8 Å². The monoisotopic (exact) mass is 594 g/mol. The summed E-state index contributed by atoms with van der Waals surface area (Å²) in [6, 6.07) is 18.2. The lowest BCUT2D eigenvalue weighted by molar-refractivity contribution is -0.137. The molecule has 10 nitrogen and oxygen atoms in total. The number of sulfone groups is 1. The van der Waals surface area contributed by atoms with E-state index in [9.17, 15) is 27.9 Å². The van der Waals surface area contributed by atoms with Crippen molar-refractivity contribution in [3.8, 4) is 0 Å². The Morgan fingerprint density at radius 3 is 2.26 bits per heavy atom. The Morgan fingerprint density at radius 2 is 1.62 bits per heavy atom. The summed E-state index contributed by atoms with van der Waals surface area (Å²) in [6.07, 6.45) is 3.04. The molecule has 3 aromatic rings. The number of carbonyl (C=O) groups is 3. The Hall–Kier alpha value is -4.25. The van der Waals surface area contributed by atoms with Crippen LogP contribution in [0.5, 0.6) is 0 Å². The molecule has 3 rings (SSSR count). The van der Waals surface area contributed by atoms with Gasteiger partial charge >= 0.3 is 12.0 Å². The SMILES string of the molecule is Cc1ccccc1NC(=O)Nc1ccc(CCC(C)(C)CCC(=O)NC(CC(=O)O)CS(=O)(=O)c2ccccn2)cc1. The van der Waals surface area contributed by atoms with Crippen molar-refractivity contribution in [2.75, 3.05) is 16.4 Å². The molecule has 0 spiro atoms. The van der Waals surface area contributed by atoms with E-state index < -0.39 is 39.9 Å². The van der Waals surface area contributed by atoms with Crippen molar-refractivity contribution in [3.63, 3.8) is 0 Å². The van der Waals surface area contributed by atoms with Gasteiger partial charge in [-0.1, -0.05) is 50.2 Å². The molecule has 42 heavy (non-hydrogen) atoms. The fourth-order valence-electron chi connectivity index (χ4n) is 4.36. The zero-order chi connectivity index (χ0) is 30.8. The van der Waals surface area contributed by atoms with Crippen LogP contribution in [0.2, 0.25) is 0 Å². The van der Waals surface area contributed by atoms with Crippen molar-refractivity contribution in [2.24, 2.45) is 5.41 Å². The number of benzene rings is 2. The van der Waals surface area contributed by atoms with Crippen LogP contribution >= 0.6 is 0 Å². The maximum Gasteiger partial charge on any atom is 0.323 e. The average Bonchev–Trinajstić information content (AvgIpc) is 2.93. The summed E-state index contributed by atoms with van der Waals surface area (Å²) in [7, 11) is -3.88. The summed E-state index contributed by atoms with van der Waals surface area (Å²) >= 11 is 0. The molecule has 0 aliphatic heterocycles. The van der Waals surface area contributed by atoms with Crippen molar-refractivity contribution in [2.45, 2.75) is 63.9 Å². The number of anilines is 2. The Labute approximate surface area is 246 Å². The number of urea groups is 1. The molecule has 0 saturated heterocycles. The molecule has 0 saturated carbocycles. The highest BCUT2D eigenvalue weighted by Crippen LogP contribution is 2.29. The topological polar surface area (TPSA) is 155 Å². The van der Waals surface area contributed by atoms with Gasteiger partial charge in [0.1, 0.15) is 0 Å². The molecule has 224 valence electrons. The minimum atomic E-state index is -3.88. The number of aliphatic carboxylic acids is 1. The van der Waals surface area contributed by atoms with E-state index in [1.165, 1.54) is 18.3 Å². The van der Waals surface area contributed by atoms with Gasteiger partial charge in [-0.2, -0.15) is 0 Å². The van der Waals surface area contributed by atoms with Crippen molar-refractivity contribution in [1.29, 1.82) is 0 Å². The van der Waals surface area contributed by atoms with E-state index in [0.29, 0.717) is 12.1 Å². The van der Waals surface area contributed by atoms with Crippen molar-refractivity contribution < 1.29 is 27.9 Å². The molecule has 0 aliphatic rings. The molecule has 0 aliphatic carbocycles. The summed E-state index contributed by atoms with van der Waals surface area (Å²) in [6.45, 7) is 6.02. The van der Waals surface area contributed by atoms with Gasteiger partial charge in [-0.15, -0.1) is 0 Å². The zero-order valence-electron chi connectivity index (χ0n) is 24.1. The third-order valence-corrected chi connectivity index (χ3v) is 8.61. The number of carboxylic acid groups (broad SMARTS) is 1. The van der Waals surface area contributed by atoms with Crippen molar-refractivity contribution in [3.05, 3.63) is 84.1 Å². The third kappa shape index (κ3) is 10.6. The van der Waals surface area contributed by atoms with Crippen molar-refractivity contribution in [1.82, 2.24) is 10.3 Å². The lowest BCUT2D eigenvalue weighted by atomic mass is 9.82. The van der Waals surface area contributed by atoms with E-state index in [0.717, 1.165) is 29.7 Å². The Balaban J connectivity index is 1.47. The summed E-state index contributed by atoms with van der Waals surface area (Å²) < 4.78 is 25.3. The van der Waals surface area contributed by atoms with Gasteiger partial charge in [0.15, 0.2) is 14.9 Å². The Bertz CT molecular complexity index is 1470. The molecule has 4 N–H and O–H groups in total. The molecule has 0 fully saturated rings. The number of nitrogens with one attached hydrogen (secondary N) is 3. The third-order valence-electron chi connectivity index (χ3n) is 6.89. The highest BCUT2D eigenvalue weighted by molar-refractivity contribution is 7.91. The van der Waals surface area contributed by atoms with Gasteiger partial charge in [-0.25, -0.2) is 18.2 Å². The molecule has 2 aromatic carbocycles. The second-order valence-corrected chi connectivity index (χ2v) is 13.0. The minimum absolute atomic E-state index is 0.131. The highest BCUT2D eigenvalue weighted by atomic mass is 32.2. The quantitative estimate of drug-likeness (QED) is 0.200. The van der Waals surface area contributed by atoms with Crippen LogP contribution in [0.1, 0.15) is 50.7 Å². The fourth-order valence-corrected chi connectivity index (χ4v) is 5.76. The smallest absolute Gasteiger partial charge is 0.323 e. The first-order chi connectivity index (χ1) is 19.8. The van der Waals surface area contributed by atoms with E-state index in [2.05, 4.69) is 20.9 Å². The number of hydrogen-bond donors (Lipinski definition) is 4. The normalized spacial score (nSPS) is 12.3. The molecule has 3 amide bonds. The number of carboxylic acids is 1. The van der Waals surface area contributed by atoms with E-state index in [4.69, 9.17) is 0 Å². The van der Waals surface area contributed by atoms with Crippen LogP contribution in [-0.4, -0.2) is 48.2 Å². The number of hydrogen-bond acceptors (Lipinski definition) is 6. The average molecular weight is 595 g/mol. The van der Waals surface area contributed by atoms with Gasteiger partial charge in [0.25, 0.3) is 0 Å². The first-order valence-corrected chi connectivity index (χ1v) is 15.4. The molecule has 11 heteroatoms. The largest absolute Gasteiger partial charge is 0.481 e. The van der Waals surface area contributed by atoms with Crippen LogP contribution in [0.3, 0.4) is 0 Å². The van der Waals surface area contributed by atoms with Crippen molar-refractivity contribution >= 4 is 39.1 Å². The number of pyridine rings is 1. The van der Waals surface area contributed by atoms with Crippen LogP contribution in [0.4, 0.5) is 16.2 Å². The van der Waals surface area contributed by atoms with Gasteiger partial charge in [0, 0.05) is 24.0 Å². The number of nitrogens with zero attached hydrogens (tertiary/aromatic N) is 1. The number of amides is 3. The lowest BCUT2D eigenvalue weighted by Crippen LogP contribution is -2.41. The number of aromatic nitrogens is 1. The predicted octanol–water partition coefficient (Wildman–Crippen LogP) is 5.21. The van der Waals surface area contributed by atoms with Gasteiger partial charge in [0.05, 0.1) is 18.2 Å². The van der Waals surface area contributed by atoms with Crippen LogP contribution in [0.25, 0.3) is 0 Å². The zero-order valence-corrected chi connectivity index (χ0v) is 24.9. The summed E-state index contributed by atoms with van der Waals surface area (Å²) in [5.41, 5.74) is 3.26. The molecule has 1 heterocycles. The first kappa shape index (κ1) is 32.3. The first-order valence-electron chi connectivity index (χ1n) is 13.7. The lowest BCUT2D eigenvalue weighted by Gasteiger charge is -2.25. The predicted molar refractivity (Wildman–Crippen MR) is 162 cm³/mol. The maximum absolute atomic E-state index is 12.7. The second-order valence-electron chi connectivity index (χ2n) is 11.1. The summed E-state index contributed by atoms with van der Waals surface area (Å²) in [5.74, 6) is -2.15. The van der Waals surface area contributed by atoms with Gasteiger partial charge in [-0.05, 0) is 73.1 Å². The molecular formula is C31H38N4O6S. The van der Waals surface area contributed by atoms with Crippen LogP contribution in [0, 0.1) is 12.3 Å². The number of aryl methyl sites for hydroxylation is 2. The summed E-state index contributed by atoms with van der Waals surface area (Å²) in [4.78, 5) is 40.2. The molecule has 1 unspecified atom stereocenters. The van der Waals surface area contributed by atoms with E-state index in [1.807, 2.05) is 69.3 Å². The molecule has 0 bridgehead atoms. The van der Waals surface area contributed by atoms with E-state index >= 15 is 0 Å². The van der Waals surface area contributed by atoms with Crippen LogP contribution in [0.15, 0.2) is 78.0 Å². The number of para-hydroxylation sites is 1. The fraction of sp³-hybridized carbons (Fsp3) is 0.355. The van der Waals surface area contributed by atoms with Gasteiger partial charge in [-0.3, -0.25) is 9.59 Å². The maximum atomic E-state index is 12.7. The van der Waals surface area contributed by atoms with Gasteiger partial charge < -0.3 is 21.1 Å². The second kappa shape index (κ2) is 14.6. The van der Waals surface area contributed by atoms with E-state index in [1.54, 1.807) is 6.07 Å². The molecule has 1 aromatic heterocycles. The molecular weight excluding hydrogens is 556 g/mol. The highest BCUT2D eigenvalue weighted by Gasteiger charge is 2.27. The Morgan fingerprint density at radius 1 is 0.929 bits per heavy atom. The Kier molecular flexibility index (Phi) is 11.2. The summed E-state index contributed by atoms with van der Waals surface area (Å²) in [5, 5.41) is 17.3. The van der Waals surface area contributed by atoms with Crippen LogP contribution < -0.4 is 16.0 Å².